The van der Waals surface area contributed by atoms with Gasteiger partial charge in [0.2, 0.25) is 0 Å². The van der Waals surface area contributed by atoms with Crippen LogP contribution in [-0.2, 0) is 11.2 Å². The number of rotatable bonds is 8. The lowest BCUT2D eigenvalue weighted by molar-refractivity contribution is 0.144. The molecule has 0 aromatic heterocycles. The molecule has 0 radical (unpaired) electrons. The molecule has 1 amide bonds. The molecule has 3 aromatic carbocycles. The molecule has 1 aliphatic rings. The molecule has 0 unspecified atom stereocenters. The van der Waals surface area contributed by atoms with Gasteiger partial charge in [0.25, 0.3) is 0 Å². The molecule has 31 heavy (non-hydrogen) atoms. The summed E-state index contributed by atoms with van der Waals surface area (Å²) in [6.45, 7) is 2.98. The van der Waals surface area contributed by atoms with E-state index in [0.717, 1.165) is 12.0 Å². The van der Waals surface area contributed by atoms with Gasteiger partial charge in [-0.3, -0.25) is 0 Å². The van der Waals surface area contributed by atoms with Crippen molar-refractivity contribution in [1.82, 2.24) is 5.32 Å². The maximum absolute atomic E-state index is 12.2. The number of carbonyl (C=O) groups is 1. The van der Waals surface area contributed by atoms with Crippen LogP contribution in [0.2, 0.25) is 0 Å². The highest BCUT2D eigenvalue weighted by molar-refractivity contribution is 5.79. The fourth-order valence-electron chi connectivity index (χ4n) is 4.16. The maximum atomic E-state index is 12.2. The highest BCUT2D eigenvalue weighted by Crippen LogP contribution is 2.44. The molecule has 0 bridgehead atoms. The molecular formula is C28H29NO2. The Labute approximate surface area is 184 Å². The number of aryl methyl sites for hydroxylation is 1. The van der Waals surface area contributed by atoms with E-state index < -0.39 is 0 Å². The van der Waals surface area contributed by atoms with E-state index in [-0.39, 0.29) is 12.0 Å². The smallest absolute Gasteiger partial charge is 0.407 e. The topological polar surface area (TPSA) is 38.3 Å². The first kappa shape index (κ1) is 20.9. The first-order valence-electron chi connectivity index (χ1n) is 11.1. The Morgan fingerprint density at radius 3 is 2.23 bits per heavy atom. The molecule has 158 valence electrons. The maximum Gasteiger partial charge on any atom is 0.407 e. The van der Waals surface area contributed by atoms with Crippen LogP contribution >= 0.6 is 0 Å². The second-order valence-electron chi connectivity index (χ2n) is 7.95. The van der Waals surface area contributed by atoms with Crippen molar-refractivity contribution < 1.29 is 9.53 Å². The monoisotopic (exact) mass is 411 g/mol. The Hall–Kier alpha value is -3.33. The van der Waals surface area contributed by atoms with Crippen molar-refractivity contribution >= 4 is 12.2 Å². The number of hydrogen-bond acceptors (Lipinski definition) is 2. The van der Waals surface area contributed by atoms with E-state index in [4.69, 9.17) is 4.74 Å². The summed E-state index contributed by atoms with van der Waals surface area (Å²) in [5, 5.41) is 2.82. The fourth-order valence-corrected chi connectivity index (χ4v) is 4.16. The van der Waals surface area contributed by atoms with Gasteiger partial charge in [0.1, 0.15) is 6.61 Å². The number of hydrogen-bond donors (Lipinski definition) is 1. The minimum atomic E-state index is -0.388. The van der Waals surface area contributed by atoms with Crippen LogP contribution in [0, 0.1) is 0 Å². The third-order valence-corrected chi connectivity index (χ3v) is 5.82. The Balaban J connectivity index is 1.27. The largest absolute Gasteiger partial charge is 0.449 e. The van der Waals surface area contributed by atoms with Gasteiger partial charge in [0.05, 0.1) is 0 Å². The molecular weight excluding hydrogens is 382 g/mol. The van der Waals surface area contributed by atoms with Gasteiger partial charge in [0, 0.05) is 12.5 Å². The summed E-state index contributed by atoms with van der Waals surface area (Å²) in [5.41, 5.74) is 7.41. The van der Waals surface area contributed by atoms with E-state index in [2.05, 4.69) is 72.9 Å². The van der Waals surface area contributed by atoms with Crippen molar-refractivity contribution in [2.75, 3.05) is 13.2 Å². The van der Waals surface area contributed by atoms with Crippen molar-refractivity contribution in [3.8, 4) is 11.1 Å². The van der Waals surface area contributed by atoms with Crippen molar-refractivity contribution in [3.63, 3.8) is 0 Å². The van der Waals surface area contributed by atoms with Crippen LogP contribution in [0.1, 0.15) is 47.9 Å². The lowest BCUT2D eigenvalue weighted by atomic mass is 9.98. The summed E-state index contributed by atoms with van der Waals surface area (Å²) in [6.07, 6.45) is 7.14. The van der Waals surface area contributed by atoms with Gasteiger partial charge in [-0.15, -0.1) is 0 Å². The second kappa shape index (κ2) is 10.1. The average Bonchev–Trinajstić information content (AvgIpc) is 3.14. The van der Waals surface area contributed by atoms with Crippen molar-refractivity contribution in [1.29, 1.82) is 0 Å². The molecule has 3 nitrogen and oxygen atoms in total. The first-order valence-corrected chi connectivity index (χ1v) is 11.1. The summed E-state index contributed by atoms with van der Waals surface area (Å²) in [5.74, 6) is 0.0833. The summed E-state index contributed by atoms with van der Waals surface area (Å²) < 4.78 is 5.56. The van der Waals surface area contributed by atoms with E-state index >= 15 is 0 Å². The summed E-state index contributed by atoms with van der Waals surface area (Å²) in [6, 6.07) is 25.3. The third-order valence-electron chi connectivity index (χ3n) is 5.82. The highest BCUT2D eigenvalue weighted by atomic mass is 16.5. The van der Waals surface area contributed by atoms with Crippen LogP contribution in [-0.4, -0.2) is 19.2 Å². The molecule has 3 aromatic rings. The van der Waals surface area contributed by atoms with Crippen LogP contribution < -0.4 is 5.32 Å². The Morgan fingerprint density at radius 1 is 0.935 bits per heavy atom. The zero-order chi connectivity index (χ0) is 21.5. The highest BCUT2D eigenvalue weighted by Gasteiger charge is 2.28. The molecule has 1 aliphatic carbocycles. The Bertz CT molecular complexity index is 1010. The number of carbonyl (C=O) groups excluding carboxylic acids is 1. The van der Waals surface area contributed by atoms with Crippen molar-refractivity contribution in [2.24, 2.45) is 0 Å². The number of fused-ring (bicyclic) bond motifs is 3. The number of benzene rings is 3. The molecule has 1 N–H and O–H groups in total. The van der Waals surface area contributed by atoms with Gasteiger partial charge in [-0.1, -0.05) is 98.3 Å². The number of ether oxygens (including phenoxy) is 1. The number of unbranched alkanes of at least 4 members (excludes halogenated alkanes) is 1. The van der Waals surface area contributed by atoms with Crippen molar-refractivity contribution in [2.45, 2.75) is 32.1 Å². The SMILES string of the molecule is CCCCc1ccc(C=CCNC(=O)OCC2c3ccccc3-c3ccccc32)cc1. The van der Waals surface area contributed by atoms with E-state index in [1.807, 2.05) is 24.3 Å². The average molecular weight is 412 g/mol. The fraction of sp³-hybridized carbons (Fsp3) is 0.250. The standard InChI is InChI=1S/C28H29NO2/c1-2-3-9-21-15-17-22(18-16-21)10-8-19-29-28(30)31-20-27-25-13-6-4-11-23(25)24-12-5-7-14-26(24)27/h4-8,10-18,27H,2-3,9,19-20H2,1H3,(H,29,30). The first-order chi connectivity index (χ1) is 15.3. The van der Waals surface area contributed by atoms with Gasteiger partial charge >= 0.3 is 6.09 Å². The number of amides is 1. The minimum absolute atomic E-state index is 0.0833. The molecule has 0 spiro atoms. The van der Waals surface area contributed by atoms with Gasteiger partial charge in [0.15, 0.2) is 0 Å². The molecule has 0 aliphatic heterocycles. The lowest BCUT2D eigenvalue weighted by Crippen LogP contribution is -2.26. The van der Waals surface area contributed by atoms with E-state index in [1.54, 1.807) is 0 Å². The molecule has 0 heterocycles. The van der Waals surface area contributed by atoms with Gasteiger partial charge in [-0.25, -0.2) is 4.79 Å². The summed E-state index contributed by atoms with van der Waals surface area (Å²) in [7, 11) is 0. The van der Waals surface area contributed by atoms with Crippen LogP contribution in [0.4, 0.5) is 4.79 Å². The van der Waals surface area contributed by atoms with Crippen LogP contribution in [0.15, 0.2) is 78.9 Å². The van der Waals surface area contributed by atoms with Crippen LogP contribution in [0.5, 0.6) is 0 Å². The Kier molecular flexibility index (Phi) is 6.83. The molecule has 0 fully saturated rings. The molecule has 0 saturated carbocycles. The quantitative estimate of drug-likeness (QED) is 0.454. The zero-order valence-corrected chi connectivity index (χ0v) is 18.0. The lowest BCUT2D eigenvalue weighted by Gasteiger charge is -2.14. The van der Waals surface area contributed by atoms with Gasteiger partial charge in [-0.05, 0) is 46.2 Å². The van der Waals surface area contributed by atoms with E-state index in [1.165, 1.54) is 40.7 Å². The van der Waals surface area contributed by atoms with E-state index in [0.29, 0.717) is 13.2 Å². The predicted molar refractivity (Wildman–Crippen MR) is 127 cm³/mol. The molecule has 0 saturated heterocycles. The number of alkyl carbamates (subject to hydrolysis) is 1. The predicted octanol–water partition coefficient (Wildman–Crippen LogP) is 6.58. The number of nitrogens with one attached hydrogen (secondary N) is 1. The van der Waals surface area contributed by atoms with Gasteiger partial charge in [-0.2, -0.15) is 0 Å². The third kappa shape index (κ3) is 5.05. The summed E-state index contributed by atoms with van der Waals surface area (Å²) >= 11 is 0. The second-order valence-corrected chi connectivity index (χ2v) is 7.95. The van der Waals surface area contributed by atoms with Crippen LogP contribution in [0.25, 0.3) is 17.2 Å². The normalized spacial score (nSPS) is 12.5. The minimum Gasteiger partial charge on any atom is -0.449 e. The molecule has 3 heteroatoms. The van der Waals surface area contributed by atoms with E-state index in [9.17, 15) is 4.79 Å². The molecule has 0 atom stereocenters. The zero-order valence-electron chi connectivity index (χ0n) is 18.0. The summed E-state index contributed by atoms with van der Waals surface area (Å²) in [4.78, 5) is 12.2. The Morgan fingerprint density at radius 2 is 1.58 bits per heavy atom. The van der Waals surface area contributed by atoms with Crippen molar-refractivity contribution in [3.05, 3.63) is 101 Å². The van der Waals surface area contributed by atoms with Gasteiger partial charge < -0.3 is 10.1 Å². The molecule has 4 rings (SSSR count). The van der Waals surface area contributed by atoms with Crippen LogP contribution in [0.3, 0.4) is 0 Å².